The SMILES string of the molecule is CN1/C(=C/C=C(/C=C/c2sc3ccccc3[n+]2C)/C=C/c2sc3ccccc3[n+]2C)Sc2ccccc21. The Morgan fingerprint density at radius 2 is 1.27 bits per heavy atom. The van der Waals surface area contributed by atoms with E-state index >= 15 is 0 Å². The van der Waals surface area contributed by atoms with Crippen molar-refractivity contribution < 1.29 is 9.13 Å². The number of fused-ring (bicyclic) bond motifs is 3. The van der Waals surface area contributed by atoms with Gasteiger partial charge in [-0.1, -0.05) is 76.9 Å². The molecule has 0 bridgehead atoms. The van der Waals surface area contributed by atoms with Gasteiger partial charge in [-0.3, -0.25) is 0 Å². The van der Waals surface area contributed by atoms with Crippen LogP contribution in [0.15, 0.2) is 113 Å². The van der Waals surface area contributed by atoms with Crippen LogP contribution in [0, 0.1) is 0 Å². The van der Waals surface area contributed by atoms with Crippen LogP contribution >= 0.6 is 34.4 Å². The molecule has 182 valence electrons. The molecular formula is C31H27N3S3+2. The van der Waals surface area contributed by atoms with Gasteiger partial charge in [0.2, 0.25) is 11.0 Å². The number of allylic oxidation sites excluding steroid dienone is 5. The summed E-state index contributed by atoms with van der Waals surface area (Å²) in [4.78, 5) is 3.56. The van der Waals surface area contributed by atoms with Crippen molar-refractivity contribution in [3.8, 4) is 0 Å². The Morgan fingerprint density at radius 3 is 1.84 bits per heavy atom. The fourth-order valence-electron chi connectivity index (χ4n) is 4.47. The van der Waals surface area contributed by atoms with E-state index < -0.39 is 0 Å². The third-order valence-electron chi connectivity index (χ3n) is 6.57. The topological polar surface area (TPSA) is 11.0 Å². The molecule has 2 aromatic heterocycles. The molecule has 0 atom stereocenters. The molecule has 0 saturated heterocycles. The maximum absolute atomic E-state index is 2.26. The Bertz CT molecular complexity index is 1660. The van der Waals surface area contributed by atoms with Crippen molar-refractivity contribution >= 4 is 72.7 Å². The summed E-state index contributed by atoms with van der Waals surface area (Å²) in [5.74, 6) is 0. The van der Waals surface area contributed by atoms with Crippen LogP contribution in [0.3, 0.4) is 0 Å². The first-order chi connectivity index (χ1) is 18.1. The van der Waals surface area contributed by atoms with Crippen LogP contribution in [0.5, 0.6) is 0 Å². The molecule has 0 N–H and O–H groups in total. The van der Waals surface area contributed by atoms with Gasteiger partial charge >= 0.3 is 0 Å². The Morgan fingerprint density at radius 1 is 0.730 bits per heavy atom. The number of para-hydroxylation sites is 3. The highest BCUT2D eigenvalue weighted by Gasteiger charge is 2.20. The van der Waals surface area contributed by atoms with Gasteiger partial charge in [0.25, 0.3) is 10.0 Å². The average Bonchev–Trinajstić information content (AvgIpc) is 3.55. The molecule has 0 saturated carbocycles. The molecule has 0 aliphatic carbocycles. The number of rotatable bonds is 5. The lowest BCUT2D eigenvalue weighted by atomic mass is 10.2. The maximum atomic E-state index is 2.26. The van der Waals surface area contributed by atoms with Gasteiger partial charge in [-0.15, -0.1) is 0 Å². The zero-order valence-electron chi connectivity index (χ0n) is 21.0. The van der Waals surface area contributed by atoms with Gasteiger partial charge in [-0.2, -0.15) is 9.13 Å². The Balaban J connectivity index is 1.36. The summed E-state index contributed by atoms with van der Waals surface area (Å²) in [7, 11) is 6.41. The van der Waals surface area contributed by atoms with Gasteiger partial charge in [-0.25, -0.2) is 0 Å². The average molecular weight is 538 g/mol. The van der Waals surface area contributed by atoms with E-state index in [0.29, 0.717) is 0 Å². The molecule has 0 unspecified atom stereocenters. The number of aromatic nitrogens is 2. The summed E-state index contributed by atoms with van der Waals surface area (Å²) in [6, 6.07) is 25.7. The first kappa shape index (κ1) is 23.9. The van der Waals surface area contributed by atoms with Gasteiger partial charge in [0.15, 0.2) is 0 Å². The van der Waals surface area contributed by atoms with Crippen molar-refractivity contribution in [3.63, 3.8) is 0 Å². The van der Waals surface area contributed by atoms with E-state index in [4.69, 9.17) is 0 Å². The highest BCUT2D eigenvalue weighted by atomic mass is 32.2. The van der Waals surface area contributed by atoms with E-state index in [0.717, 1.165) is 5.57 Å². The first-order valence-electron chi connectivity index (χ1n) is 12.1. The fraction of sp³-hybridized carbons (Fsp3) is 0.0968. The summed E-state index contributed by atoms with van der Waals surface area (Å²) in [6.07, 6.45) is 13.3. The molecule has 0 spiro atoms. The number of benzene rings is 3. The molecule has 0 amide bonds. The molecule has 3 nitrogen and oxygen atoms in total. The minimum atomic E-state index is 1.15. The van der Waals surface area contributed by atoms with E-state index in [1.807, 2.05) is 34.4 Å². The van der Waals surface area contributed by atoms with Gasteiger partial charge < -0.3 is 4.90 Å². The molecule has 1 aliphatic heterocycles. The summed E-state index contributed by atoms with van der Waals surface area (Å²) >= 11 is 5.45. The van der Waals surface area contributed by atoms with Crippen LogP contribution in [-0.2, 0) is 14.1 Å². The van der Waals surface area contributed by atoms with Gasteiger partial charge in [-0.05, 0) is 48.1 Å². The summed E-state index contributed by atoms with van der Waals surface area (Å²) in [5, 5.41) is 3.67. The Labute approximate surface area is 229 Å². The molecule has 1 aliphatic rings. The number of hydrogen-bond acceptors (Lipinski definition) is 4. The lowest BCUT2D eigenvalue weighted by molar-refractivity contribution is -0.642. The number of anilines is 1. The molecule has 0 radical (unpaired) electrons. The van der Waals surface area contributed by atoms with Crippen LogP contribution < -0.4 is 14.0 Å². The van der Waals surface area contributed by atoms with Crippen molar-refractivity contribution in [2.75, 3.05) is 11.9 Å². The second kappa shape index (κ2) is 10.1. The number of aryl methyl sites for hydroxylation is 2. The molecule has 6 heteroatoms. The first-order valence-corrected chi connectivity index (χ1v) is 14.6. The number of nitrogens with zero attached hydrogens (tertiary/aromatic N) is 3. The second-order valence-electron chi connectivity index (χ2n) is 8.90. The van der Waals surface area contributed by atoms with Crippen LogP contribution in [0.4, 0.5) is 5.69 Å². The van der Waals surface area contributed by atoms with Crippen LogP contribution in [-0.4, -0.2) is 7.05 Å². The number of thiazole rings is 2. The van der Waals surface area contributed by atoms with Crippen molar-refractivity contribution in [2.45, 2.75) is 4.90 Å². The minimum absolute atomic E-state index is 1.15. The van der Waals surface area contributed by atoms with Crippen molar-refractivity contribution in [1.82, 2.24) is 0 Å². The summed E-state index contributed by atoms with van der Waals surface area (Å²) in [6.45, 7) is 0. The molecule has 6 rings (SSSR count). The Hall–Kier alpha value is -3.45. The molecule has 3 aromatic carbocycles. The monoisotopic (exact) mass is 537 g/mol. The number of thioether (sulfide) groups is 1. The van der Waals surface area contributed by atoms with E-state index in [-0.39, 0.29) is 0 Å². The molecule has 37 heavy (non-hydrogen) atoms. The largest absolute Gasteiger partial charge is 0.338 e. The van der Waals surface area contributed by atoms with Crippen LogP contribution in [0.2, 0.25) is 0 Å². The second-order valence-corrected chi connectivity index (χ2v) is 12.1. The van der Waals surface area contributed by atoms with E-state index in [1.165, 1.54) is 46.1 Å². The van der Waals surface area contributed by atoms with Gasteiger partial charge in [0, 0.05) is 36.2 Å². The van der Waals surface area contributed by atoms with Crippen molar-refractivity contribution in [2.24, 2.45) is 14.1 Å². The normalized spacial score (nSPS) is 14.6. The van der Waals surface area contributed by atoms with E-state index in [2.05, 4.69) is 144 Å². The Kier molecular flexibility index (Phi) is 6.55. The quantitative estimate of drug-likeness (QED) is 0.170. The lowest BCUT2D eigenvalue weighted by Crippen LogP contribution is -2.28. The van der Waals surface area contributed by atoms with Gasteiger partial charge in [0.05, 0.1) is 10.7 Å². The summed E-state index contributed by atoms with van der Waals surface area (Å²) in [5.41, 5.74) is 4.92. The molecular weight excluding hydrogens is 511 g/mol. The highest BCUT2D eigenvalue weighted by molar-refractivity contribution is 8.03. The minimum Gasteiger partial charge on any atom is -0.338 e. The summed E-state index contributed by atoms with van der Waals surface area (Å²) < 4.78 is 7.12. The van der Waals surface area contributed by atoms with Crippen molar-refractivity contribution in [3.05, 3.63) is 118 Å². The zero-order chi connectivity index (χ0) is 25.4. The van der Waals surface area contributed by atoms with E-state index in [1.54, 1.807) is 0 Å². The van der Waals surface area contributed by atoms with Crippen molar-refractivity contribution in [1.29, 1.82) is 0 Å². The molecule has 3 heterocycles. The predicted molar refractivity (Wildman–Crippen MR) is 161 cm³/mol. The smallest absolute Gasteiger partial charge is 0.262 e. The zero-order valence-corrected chi connectivity index (χ0v) is 23.4. The molecule has 5 aromatic rings. The lowest BCUT2D eigenvalue weighted by Gasteiger charge is -2.12. The standard InChI is InChI=1S/C31H27N3S3/c1-32-23-10-4-7-13-26(23)35-29(32)19-16-22(17-20-30-33(2)24-11-5-8-14-27(24)36-30)18-21-31-34(3)25-12-6-9-15-28(25)37-31/h4-21H,1-3H3/q+2. The van der Waals surface area contributed by atoms with E-state index in [9.17, 15) is 0 Å². The maximum Gasteiger partial charge on any atom is 0.262 e. The number of hydrogen-bond donors (Lipinski definition) is 0. The van der Waals surface area contributed by atoms with Gasteiger partial charge in [0.1, 0.15) is 23.5 Å². The highest BCUT2D eigenvalue weighted by Crippen LogP contribution is 2.44. The third-order valence-corrected chi connectivity index (χ3v) is 10.1. The van der Waals surface area contributed by atoms with Crippen LogP contribution in [0.25, 0.3) is 32.6 Å². The third kappa shape index (κ3) is 4.68. The predicted octanol–water partition coefficient (Wildman–Crippen LogP) is 7.50. The fourth-order valence-corrected chi connectivity index (χ4v) is 7.63. The van der Waals surface area contributed by atoms with Crippen LogP contribution in [0.1, 0.15) is 10.0 Å². The molecule has 0 fully saturated rings.